The van der Waals surface area contributed by atoms with Gasteiger partial charge in [0.1, 0.15) is 5.82 Å². The highest BCUT2D eigenvalue weighted by Gasteiger charge is 2.21. The van der Waals surface area contributed by atoms with Crippen molar-refractivity contribution in [3.63, 3.8) is 0 Å². The van der Waals surface area contributed by atoms with Gasteiger partial charge in [-0.2, -0.15) is 0 Å². The highest BCUT2D eigenvalue weighted by Crippen LogP contribution is 2.34. The smallest absolute Gasteiger partial charge is 0.128 e. The number of thiophene rings is 1. The van der Waals surface area contributed by atoms with Gasteiger partial charge in [0.15, 0.2) is 0 Å². The summed E-state index contributed by atoms with van der Waals surface area (Å²) >= 11 is 5.15. The SMILES string of the molecule is CCNC(c1cc(Br)ccc1F)c1sc(C)cc1C. The first-order chi connectivity index (χ1) is 9.02. The second-order valence-corrected chi connectivity index (χ2v) is 6.76. The van der Waals surface area contributed by atoms with E-state index in [9.17, 15) is 4.39 Å². The Morgan fingerprint density at radius 2 is 2.05 bits per heavy atom. The van der Waals surface area contributed by atoms with E-state index < -0.39 is 0 Å². The molecule has 102 valence electrons. The van der Waals surface area contributed by atoms with Crippen molar-refractivity contribution in [3.8, 4) is 0 Å². The van der Waals surface area contributed by atoms with Crippen molar-refractivity contribution in [2.45, 2.75) is 26.8 Å². The minimum atomic E-state index is -0.167. The lowest BCUT2D eigenvalue weighted by Gasteiger charge is -2.19. The highest BCUT2D eigenvalue weighted by molar-refractivity contribution is 9.10. The maximum absolute atomic E-state index is 14.1. The Hall–Kier alpha value is -0.710. The van der Waals surface area contributed by atoms with E-state index in [1.165, 1.54) is 21.4 Å². The highest BCUT2D eigenvalue weighted by atomic mass is 79.9. The summed E-state index contributed by atoms with van der Waals surface area (Å²) in [5.41, 5.74) is 1.91. The van der Waals surface area contributed by atoms with E-state index in [1.807, 2.05) is 13.0 Å². The molecule has 1 aromatic carbocycles. The second kappa shape index (κ2) is 6.16. The Labute approximate surface area is 126 Å². The Kier molecular flexibility index (Phi) is 4.76. The number of nitrogens with one attached hydrogen (secondary N) is 1. The van der Waals surface area contributed by atoms with E-state index in [0.29, 0.717) is 5.56 Å². The molecule has 0 aliphatic carbocycles. The van der Waals surface area contributed by atoms with Crippen molar-refractivity contribution in [2.24, 2.45) is 0 Å². The first-order valence-corrected chi connectivity index (χ1v) is 7.89. The van der Waals surface area contributed by atoms with E-state index in [-0.39, 0.29) is 11.9 Å². The molecule has 4 heteroatoms. The maximum Gasteiger partial charge on any atom is 0.128 e. The molecular weight excluding hydrogens is 325 g/mol. The van der Waals surface area contributed by atoms with Gasteiger partial charge in [0.05, 0.1) is 6.04 Å². The topological polar surface area (TPSA) is 12.0 Å². The zero-order valence-electron chi connectivity index (χ0n) is 11.3. The predicted octanol–water partition coefficient (Wildman–Crippen LogP) is 4.97. The van der Waals surface area contributed by atoms with Gasteiger partial charge in [0.25, 0.3) is 0 Å². The zero-order chi connectivity index (χ0) is 14.0. The third-order valence-corrected chi connectivity index (χ3v) is 4.73. The minimum absolute atomic E-state index is 0.0822. The molecule has 1 atom stereocenters. The summed E-state index contributed by atoms with van der Waals surface area (Å²) in [5.74, 6) is -0.167. The summed E-state index contributed by atoms with van der Waals surface area (Å²) < 4.78 is 15.0. The quantitative estimate of drug-likeness (QED) is 0.828. The van der Waals surface area contributed by atoms with Crippen molar-refractivity contribution in [3.05, 3.63) is 55.4 Å². The molecule has 0 saturated carbocycles. The molecule has 0 aliphatic heterocycles. The number of halogens is 2. The Morgan fingerprint density at radius 3 is 2.63 bits per heavy atom. The first-order valence-electron chi connectivity index (χ1n) is 6.28. The molecule has 0 bridgehead atoms. The van der Waals surface area contributed by atoms with Crippen LogP contribution in [0.1, 0.15) is 33.8 Å². The standard InChI is InChI=1S/C15H17BrFNS/c1-4-18-14(15-9(2)7-10(3)19-15)12-8-11(16)5-6-13(12)17/h5-8,14,18H,4H2,1-3H3. The van der Waals surface area contributed by atoms with Crippen LogP contribution in [0.5, 0.6) is 0 Å². The summed E-state index contributed by atoms with van der Waals surface area (Å²) in [5, 5.41) is 3.39. The molecule has 0 fully saturated rings. The van der Waals surface area contributed by atoms with E-state index in [0.717, 1.165) is 11.0 Å². The van der Waals surface area contributed by atoms with Gasteiger partial charge in [-0.3, -0.25) is 0 Å². The lowest BCUT2D eigenvalue weighted by atomic mass is 10.0. The lowest BCUT2D eigenvalue weighted by Crippen LogP contribution is -2.22. The van der Waals surface area contributed by atoms with E-state index in [1.54, 1.807) is 17.4 Å². The van der Waals surface area contributed by atoms with Gasteiger partial charge in [-0.25, -0.2) is 4.39 Å². The number of rotatable bonds is 4. The molecule has 1 N–H and O–H groups in total. The van der Waals surface area contributed by atoms with Crippen LogP contribution in [-0.4, -0.2) is 6.54 Å². The van der Waals surface area contributed by atoms with Crippen molar-refractivity contribution >= 4 is 27.3 Å². The van der Waals surface area contributed by atoms with E-state index in [4.69, 9.17) is 0 Å². The largest absolute Gasteiger partial charge is 0.306 e. The molecule has 1 unspecified atom stereocenters. The van der Waals surface area contributed by atoms with Crippen LogP contribution in [0.15, 0.2) is 28.7 Å². The Morgan fingerprint density at radius 1 is 1.32 bits per heavy atom. The maximum atomic E-state index is 14.1. The third kappa shape index (κ3) is 3.25. The van der Waals surface area contributed by atoms with Crippen molar-refractivity contribution in [1.82, 2.24) is 5.32 Å². The molecule has 2 rings (SSSR count). The van der Waals surface area contributed by atoms with Crippen molar-refractivity contribution in [2.75, 3.05) is 6.54 Å². The Balaban J connectivity index is 2.51. The zero-order valence-corrected chi connectivity index (χ0v) is 13.7. The molecule has 2 aromatic rings. The van der Waals surface area contributed by atoms with Gasteiger partial charge < -0.3 is 5.32 Å². The molecule has 0 saturated heterocycles. The van der Waals surface area contributed by atoms with Gasteiger partial charge in [-0.05, 0) is 50.2 Å². The fourth-order valence-electron chi connectivity index (χ4n) is 2.23. The van der Waals surface area contributed by atoms with Crippen molar-refractivity contribution in [1.29, 1.82) is 0 Å². The van der Waals surface area contributed by atoms with Crippen LogP contribution in [-0.2, 0) is 0 Å². The first kappa shape index (κ1) is 14.7. The number of aryl methyl sites for hydroxylation is 2. The van der Waals surface area contributed by atoms with Gasteiger partial charge >= 0.3 is 0 Å². The molecule has 1 nitrogen and oxygen atoms in total. The number of benzene rings is 1. The monoisotopic (exact) mass is 341 g/mol. The van der Waals surface area contributed by atoms with Crippen molar-refractivity contribution < 1.29 is 4.39 Å². The minimum Gasteiger partial charge on any atom is -0.306 e. The van der Waals surface area contributed by atoms with Crippen LogP contribution in [0.2, 0.25) is 0 Å². The Bertz CT molecular complexity index is 580. The van der Waals surface area contributed by atoms with Crippen LogP contribution >= 0.6 is 27.3 Å². The summed E-state index contributed by atoms with van der Waals surface area (Å²) in [6.07, 6.45) is 0. The third-order valence-electron chi connectivity index (χ3n) is 3.02. The molecule has 1 aromatic heterocycles. The predicted molar refractivity (Wildman–Crippen MR) is 83.4 cm³/mol. The van der Waals surface area contributed by atoms with E-state index >= 15 is 0 Å². The lowest BCUT2D eigenvalue weighted by molar-refractivity contribution is 0.561. The average Bonchev–Trinajstić information content (AvgIpc) is 2.69. The second-order valence-electron chi connectivity index (χ2n) is 4.56. The molecule has 0 aliphatic rings. The fourth-order valence-corrected chi connectivity index (χ4v) is 3.74. The summed E-state index contributed by atoms with van der Waals surface area (Å²) in [7, 11) is 0. The van der Waals surface area contributed by atoms with Gasteiger partial charge in [-0.1, -0.05) is 22.9 Å². The molecule has 19 heavy (non-hydrogen) atoms. The molecule has 0 amide bonds. The molecular formula is C15H17BrFNS. The summed E-state index contributed by atoms with van der Waals surface area (Å²) in [6, 6.07) is 7.17. The number of hydrogen-bond acceptors (Lipinski definition) is 2. The molecule has 0 spiro atoms. The normalized spacial score (nSPS) is 12.7. The van der Waals surface area contributed by atoms with Crippen LogP contribution in [0.3, 0.4) is 0 Å². The van der Waals surface area contributed by atoms with Crippen LogP contribution in [0, 0.1) is 19.7 Å². The molecule has 1 heterocycles. The van der Waals surface area contributed by atoms with E-state index in [2.05, 4.69) is 41.2 Å². The van der Waals surface area contributed by atoms with Crippen LogP contribution < -0.4 is 5.32 Å². The van der Waals surface area contributed by atoms with Gasteiger partial charge in [-0.15, -0.1) is 11.3 Å². The van der Waals surface area contributed by atoms with Gasteiger partial charge in [0.2, 0.25) is 0 Å². The summed E-state index contributed by atoms with van der Waals surface area (Å²) in [4.78, 5) is 2.45. The average molecular weight is 342 g/mol. The fraction of sp³-hybridized carbons (Fsp3) is 0.333. The van der Waals surface area contributed by atoms with Crippen LogP contribution in [0.4, 0.5) is 4.39 Å². The number of hydrogen-bond donors (Lipinski definition) is 1. The van der Waals surface area contributed by atoms with Crippen LogP contribution in [0.25, 0.3) is 0 Å². The van der Waals surface area contributed by atoms with Gasteiger partial charge in [0, 0.05) is 19.8 Å². The summed E-state index contributed by atoms with van der Waals surface area (Å²) in [6.45, 7) is 7.01. The molecule has 0 radical (unpaired) electrons.